The zero-order valence-electron chi connectivity index (χ0n) is 21.5. The number of hydrogen-bond donors (Lipinski definition) is 1. The molecule has 0 unspecified atom stereocenters. The number of nitrogens with zero attached hydrogens (tertiary/aromatic N) is 5. The number of benzene rings is 2. The largest absolute Gasteiger partial charge is 0.321 e. The SMILES string of the molecule is Cc1cc2nc(C(=O)Nc3cccc(-c4nncn4C4CC4)c3)cc(-c3ccc(C4CC4)nc3)c2cc1C. The summed E-state index contributed by atoms with van der Waals surface area (Å²) in [5.41, 5.74) is 8.21. The van der Waals surface area contributed by atoms with Crippen LogP contribution in [0.2, 0.25) is 0 Å². The summed E-state index contributed by atoms with van der Waals surface area (Å²) < 4.78 is 2.12. The molecule has 7 heteroatoms. The molecule has 38 heavy (non-hydrogen) atoms. The Morgan fingerprint density at radius 3 is 2.55 bits per heavy atom. The Morgan fingerprint density at radius 2 is 1.79 bits per heavy atom. The third-order valence-electron chi connectivity index (χ3n) is 7.64. The van der Waals surface area contributed by atoms with E-state index in [1.807, 2.05) is 36.5 Å². The number of hydrogen-bond acceptors (Lipinski definition) is 5. The van der Waals surface area contributed by atoms with Crippen LogP contribution in [-0.2, 0) is 0 Å². The molecule has 1 amide bonds. The first-order valence-electron chi connectivity index (χ1n) is 13.2. The van der Waals surface area contributed by atoms with E-state index in [9.17, 15) is 4.79 Å². The lowest BCUT2D eigenvalue weighted by Crippen LogP contribution is -2.14. The van der Waals surface area contributed by atoms with Crippen LogP contribution < -0.4 is 5.32 Å². The van der Waals surface area contributed by atoms with Gasteiger partial charge in [-0.15, -0.1) is 10.2 Å². The second-order valence-electron chi connectivity index (χ2n) is 10.6. The van der Waals surface area contributed by atoms with Crippen molar-refractivity contribution in [3.63, 3.8) is 0 Å². The summed E-state index contributed by atoms with van der Waals surface area (Å²) in [6.45, 7) is 4.17. The van der Waals surface area contributed by atoms with Gasteiger partial charge in [-0.2, -0.15) is 0 Å². The van der Waals surface area contributed by atoms with Gasteiger partial charge < -0.3 is 9.88 Å². The van der Waals surface area contributed by atoms with Gasteiger partial charge in [0, 0.05) is 46.1 Å². The number of carbonyl (C=O) groups excluding carboxylic acids is 1. The molecule has 0 radical (unpaired) electrons. The lowest BCUT2D eigenvalue weighted by Gasteiger charge is -2.13. The quantitative estimate of drug-likeness (QED) is 0.283. The Morgan fingerprint density at radius 1 is 0.947 bits per heavy atom. The Labute approximate surface area is 221 Å². The Bertz CT molecular complexity index is 1700. The standard InChI is InChI=1S/C31H28N6O/c1-18-12-26-25(22-8-11-27(32-16-22)20-6-7-20)15-29(35-28(26)13-19(18)2)31(38)34-23-5-3-4-21(14-23)30-36-33-17-37(30)24-9-10-24/h3-5,8,11-17,20,24H,6-7,9-10H2,1-2H3,(H,34,38). The molecule has 0 bridgehead atoms. The molecule has 3 heterocycles. The highest BCUT2D eigenvalue weighted by molar-refractivity contribution is 6.07. The van der Waals surface area contributed by atoms with E-state index >= 15 is 0 Å². The second kappa shape index (κ2) is 8.87. The van der Waals surface area contributed by atoms with Crippen LogP contribution in [0.4, 0.5) is 5.69 Å². The highest BCUT2D eigenvalue weighted by Crippen LogP contribution is 2.40. The van der Waals surface area contributed by atoms with E-state index in [0.29, 0.717) is 23.3 Å². The highest BCUT2D eigenvalue weighted by Gasteiger charge is 2.27. The van der Waals surface area contributed by atoms with Gasteiger partial charge in [0.1, 0.15) is 12.0 Å². The first-order valence-corrected chi connectivity index (χ1v) is 13.2. The highest BCUT2D eigenvalue weighted by atomic mass is 16.1. The summed E-state index contributed by atoms with van der Waals surface area (Å²) in [5, 5.41) is 12.5. The lowest BCUT2D eigenvalue weighted by molar-refractivity contribution is 0.102. The van der Waals surface area contributed by atoms with Crippen molar-refractivity contribution in [2.45, 2.75) is 51.5 Å². The molecular weight excluding hydrogens is 472 g/mol. The summed E-state index contributed by atoms with van der Waals surface area (Å²) in [6, 6.07) is 18.5. The molecule has 5 aromatic rings. The minimum atomic E-state index is -0.255. The molecule has 0 saturated heterocycles. The van der Waals surface area contributed by atoms with Crippen molar-refractivity contribution in [2.75, 3.05) is 5.32 Å². The minimum Gasteiger partial charge on any atom is -0.321 e. The predicted molar refractivity (Wildman–Crippen MR) is 148 cm³/mol. The zero-order chi connectivity index (χ0) is 25.8. The topological polar surface area (TPSA) is 85.6 Å². The van der Waals surface area contributed by atoms with E-state index in [-0.39, 0.29) is 5.91 Å². The van der Waals surface area contributed by atoms with Gasteiger partial charge in [0.2, 0.25) is 0 Å². The zero-order valence-corrected chi connectivity index (χ0v) is 21.5. The smallest absolute Gasteiger partial charge is 0.274 e. The van der Waals surface area contributed by atoms with Crippen LogP contribution >= 0.6 is 0 Å². The molecule has 2 saturated carbocycles. The van der Waals surface area contributed by atoms with Crippen LogP contribution in [0.5, 0.6) is 0 Å². The molecule has 0 atom stereocenters. The number of fused-ring (bicyclic) bond motifs is 1. The molecule has 2 aliphatic carbocycles. The first kappa shape index (κ1) is 22.8. The fraction of sp³-hybridized carbons (Fsp3) is 0.258. The molecule has 0 spiro atoms. The second-order valence-corrected chi connectivity index (χ2v) is 10.6. The van der Waals surface area contributed by atoms with Crippen molar-refractivity contribution in [1.29, 1.82) is 0 Å². The number of pyridine rings is 2. The number of rotatable bonds is 6. The Hall–Kier alpha value is -4.39. The summed E-state index contributed by atoms with van der Waals surface area (Å²) in [7, 11) is 0. The van der Waals surface area contributed by atoms with Crippen molar-refractivity contribution >= 4 is 22.5 Å². The molecule has 188 valence electrons. The molecule has 7 rings (SSSR count). The number of aromatic nitrogens is 5. The number of aryl methyl sites for hydroxylation is 2. The molecule has 0 aliphatic heterocycles. The fourth-order valence-electron chi connectivity index (χ4n) is 5.03. The number of nitrogens with one attached hydrogen (secondary N) is 1. The van der Waals surface area contributed by atoms with Crippen LogP contribution in [0.15, 0.2) is 67.1 Å². The van der Waals surface area contributed by atoms with E-state index in [4.69, 9.17) is 9.97 Å². The van der Waals surface area contributed by atoms with E-state index in [1.165, 1.54) is 18.4 Å². The van der Waals surface area contributed by atoms with E-state index in [1.54, 1.807) is 6.33 Å². The van der Waals surface area contributed by atoms with E-state index < -0.39 is 0 Å². The maximum atomic E-state index is 13.5. The van der Waals surface area contributed by atoms with Gasteiger partial charge in [-0.3, -0.25) is 9.78 Å². The first-order chi connectivity index (χ1) is 18.5. The summed E-state index contributed by atoms with van der Waals surface area (Å²) in [6.07, 6.45) is 8.44. The van der Waals surface area contributed by atoms with E-state index in [2.05, 4.69) is 58.2 Å². The van der Waals surface area contributed by atoms with Crippen LogP contribution in [0.1, 0.15) is 65.0 Å². The average Bonchev–Trinajstić information content (AvgIpc) is 3.88. The maximum Gasteiger partial charge on any atom is 0.274 e. The lowest BCUT2D eigenvalue weighted by atomic mass is 9.97. The third kappa shape index (κ3) is 4.24. The molecule has 2 aliphatic rings. The summed E-state index contributed by atoms with van der Waals surface area (Å²) in [5.74, 6) is 1.16. The van der Waals surface area contributed by atoms with Gasteiger partial charge in [0.05, 0.1) is 5.52 Å². The monoisotopic (exact) mass is 500 g/mol. The number of carbonyl (C=O) groups is 1. The van der Waals surface area contributed by atoms with Crippen LogP contribution in [0, 0.1) is 13.8 Å². The Balaban J connectivity index is 1.24. The van der Waals surface area contributed by atoms with Gasteiger partial charge in [-0.25, -0.2) is 4.98 Å². The normalized spacial score (nSPS) is 15.1. The van der Waals surface area contributed by atoms with Crippen molar-refractivity contribution in [1.82, 2.24) is 24.7 Å². The van der Waals surface area contributed by atoms with Crippen molar-refractivity contribution in [3.05, 3.63) is 89.6 Å². The van der Waals surface area contributed by atoms with Gasteiger partial charge in [0.25, 0.3) is 5.91 Å². The molecular formula is C31H28N6O. The maximum absolute atomic E-state index is 13.5. The molecule has 2 aromatic carbocycles. The molecule has 7 nitrogen and oxygen atoms in total. The molecule has 2 fully saturated rings. The van der Waals surface area contributed by atoms with Gasteiger partial charge in [0.15, 0.2) is 5.82 Å². The molecule has 3 aromatic heterocycles. The summed E-state index contributed by atoms with van der Waals surface area (Å²) >= 11 is 0. The minimum absolute atomic E-state index is 0.255. The van der Waals surface area contributed by atoms with Gasteiger partial charge >= 0.3 is 0 Å². The third-order valence-corrected chi connectivity index (χ3v) is 7.64. The molecule has 1 N–H and O–H groups in total. The van der Waals surface area contributed by atoms with Gasteiger partial charge in [-0.05, 0) is 92.6 Å². The summed E-state index contributed by atoms with van der Waals surface area (Å²) in [4.78, 5) is 23.0. The van der Waals surface area contributed by atoms with Crippen molar-refractivity contribution in [3.8, 4) is 22.5 Å². The van der Waals surface area contributed by atoms with Crippen LogP contribution in [0.25, 0.3) is 33.4 Å². The van der Waals surface area contributed by atoms with Gasteiger partial charge in [-0.1, -0.05) is 18.2 Å². The van der Waals surface area contributed by atoms with Crippen molar-refractivity contribution in [2.24, 2.45) is 0 Å². The number of amides is 1. The van der Waals surface area contributed by atoms with E-state index in [0.717, 1.165) is 57.5 Å². The number of anilines is 1. The fourth-order valence-corrected chi connectivity index (χ4v) is 5.03. The Kier molecular flexibility index (Phi) is 5.32. The van der Waals surface area contributed by atoms with Crippen molar-refractivity contribution < 1.29 is 4.79 Å². The predicted octanol–water partition coefficient (Wildman–Crippen LogP) is 6.64. The average molecular weight is 501 g/mol. The van der Waals surface area contributed by atoms with Crippen LogP contribution in [0.3, 0.4) is 0 Å². The van der Waals surface area contributed by atoms with Crippen LogP contribution in [-0.4, -0.2) is 30.6 Å².